The van der Waals surface area contributed by atoms with Crippen molar-refractivity contribution in [2.24, 2.45) is 0 Å². The maximum absolute atomic E-state index is 13.2. The van der Waals surface area contributed by atoms with Gasteiger partial charge in [0.1, 0.15) is 17.3 Å². The standard InChI is InChI=1S/C29H29NO5/c1-4-16-35-24-14-10-21(11-15-24)27(31)25-26(22-7-5-6-19(2)17-22)30(29(33)28(25)32)18-20-8-12-23(34-3)13-9-20/h5-15,17,26,31H,4,16,18H2,1-3H3/b27-25-. The van der Waals surface area contributed by atoms with Gasteiger partial charge in [-0.05, 0) is 60.9 Å². The molecule has 3 aromatic rings. The molecule has 35 heavy (non-hydrogen) atoms. The molecule has 0 bridgehead atoms. The molecular formula is C29H29NO5. The van der Waals surface area contributed by atoms with Gasteiger partial charge < -0.3 is 19.5 Å². The third-order valence-corrected chi connectivity index (χ3v) is 6.01. The maximum Gasteiger partial charge on any atom is 0.295 e. The van der Waals surface area contributed by atoms with Crippen molar-refractivity contribution >= 4 is 17.4 Å². The van der Waals surface area contributed by atoms with Crippen LogP contribution in [0, 0.1) is 6.92 Å². The Kier molecular flexibility index (Phi) is 7.20. The Morgan fingerprint density at radius 2 is 1.66 bits per heavy atom. The fourth-order valence-electron chi connectivity index (χ4n) is 4.24. The van der Waals surface area contributed by atoms with Crippen LogP contribution in [-0.2, 0) is 16.1 Å². The van der Waals surface area contributed by atoms with E-state index in [0.717, 1.165) is 23.1 Å². The van der Waals surface area contributed by atoms with Crippen LogP contribution in [0.1, 0.15) is 41.6 Å². The lowest BCUT2D eigenvalue weighted by atomic mass is 9.94. The molecule has 1 atom stereocenters. The minimum absolute atomic E-state index is 0.0799. The summed E-state index contributed by atoms with van der Waals surface area (Å²) in [5, 5.41) is 11.3. The van der Waals surface area contributed by atoms with Gasteiger partial charge in [-0.15, -0.1) is 0 Å². The fraction of sp³-hybridized carbons (Fsp3) is 0.241. The predicted octanol–water partition coefficient (Wildman–Crippen LogP) is 5.41. The highest BCUT2D eigenvalue weighted by Crippen LogP contribution is 2.40. The number of hydrogen-bond donors (Lipinski definition) is 1. The second-order valence-electron chi connectivity index (χ2n) is 8.56. The third-order valence-electron chi connectivity index (χ3n) is 6.01. The quantitative estimate of drug-likeness (QED) is 0.270. The van der Waals surface area contributed by atoms with Crippen LogP contribution in [0.3, 0.4) is 0 Å². The van der Waals surface area contributed by atoms with Crippen molar-refractivity contribution in [3.05, 3.63) is 101 Å². The predicted molar refractivity (Wildman–Crippen MR) is 134 cm³/mol. The van der Waals surface area contributed by atoms with Crippen molar-refractivity contribution in [2.75, 3.05) is 13.7 Å². The molecule has 0 spiro atoms. The summed E-state index contributed by atoms with van der Waals surface area (Å²) in [4.78, 5) is 28.0. The highest BCUT2D eigenvalue weighted by atomic mass is 16.5. The van der Waals surface area contributed by atoms with E-state index in [1.165, 1.54) is 4.90 Å². The lowest BCUT2D eigenvalue weighted by Gasteiger charge is -2.26. The summed E-state index contributed by atoms with van der Waals surface area (Å²) in [5.41, 5.74) is 3.14. The zero-order chi connectivity index (χ0) is 24.9. The van der Waals surface area contributed by atoms with Gasteiger partial charge in [-0.1, -0.05) is 48.9 Å². The van der Waals surface area contributed by atoms with Crippen molar-refractivity contribution in [1.29, 1.82) is 0 Å². The van der Waals surface area contributed by atoms with Crippen molar-refractivity contribution < 1.29 is 24.2 Å². The molecule has 0 aliphatic carbocycles. The SMILES string of the molecule is CCCOc1ccc(/C(O)=C2/C(=O)C(=O)N(Cc3ccc(OC)cc3)C2c2cccc(C)c2)cc1. The van der Waals surface area contributed by atoms with E-state index >= 15 is 0 Å². The monoisotopic (exact) mass is 471 g/mol. The van der Waals surface area contributed by atoms with Gasteiger partial charge in [0.2, 0.25) is 0 Å². The van der Waals surface area contributed by atoms with E-state index in [2.05, 4.69) is 0 Å². The van der Waals surface area contributed by atoms with Crippen LogP contribution in [0.25, 0.3) is 5.76 Å². The van der Waals surface area contributed by atoms with Crippen molar-refractivity contribution in [1.82, 2.24) is 4.90 Å². The summed E-state index contributed by atoms with van der Waals surface area (Å²) >= 11 is 0. The van der Waals surface area contributed by atoms with Crippen molar-refractivity contribution in [2.45, 2.75) is 32.9 Å². The molecule has 6 nitrogen and oxygen atoms in total. The van der Waals surface area contributed by atoms with Gasteiger partial charge >= 0.3 is 0 Å². The van der Waals surface area contributed by atoms with E-state index in [0.29, 0.717) is 23.7 Å². The molecule has 1 unspecified atom stereocenters. The normalized spacial score (nSPS) is 17.0. The van der Waals surface area contributed by atoms with Crippen molar-refractivity contribution in [3.8, 4) is 11.5 Å². The summed E-state index contributed by atoms with van der Waals surface area (Å²) < 4.78 is 10.8. The Labute approximate surface area is 205 Å². The second-order valence-corrected chi connectivity index (χ2v) is 8.56. The number of ether oxygens (including phenoxy) is 2. The van der Waals surface area contributed by atoms with Crippen LogP contribution in [-0.4, -0.2) is 35.4 Å². The molecule has 0 saturated carbocycles. The van der Waals surface area contributed by atoms with Crippen molar-refractivity contribution in [3.63, 3.8) is 0 Å². The molecule has 0 radical (unpaired) electrons. The zero-order valence-electron chi connectivity index (χ0n) is 20.2. The number of aliphatic hydroxyl groups excluding tert-OH is 1. The molecule has 4 rings (SSSR count). The number of methoxy groups -OCH3 is 1. The Bertz CT molecular complexity index is 1240. The number of nitrogens with zero attached hydrogens (tertiary/aromatic N) is 1. The number of amides is 1. The summed E-state index contributed by atoms with van der Waals surface area (Å²) in [6.07, 6.45) is 0.885. The third kappa shape index (κ3) is 5.06. The van der Waals surface area contributed by atoms with E-state index in [-0.39, 0.29) is 17.9 Å². The number of rotatable bonds is 8. The van der Waals surface area contributed by atoms with Crippen LogP contribution >= 0.6 is 0 Å². The zero-order valence-corrected chi connectivity index (χ0v) is 20.2. The first-order chi connectivity index (χ1) is 16.9. The lowest BCUT2D eigenvalue weighted by Crippen LogP contribution is -2.29. The van der Waals surface area contributed by atoms with Gasteiger partial charge in [0.15, 0.2) is 0 Å². The van der Waals surface area contributed by atoms with Crippen LogP contribution in [0.4, 0.5) is 0 Å². The van der Waals surface area contributed by atoms with Gasteiger partial charge in [-0.25, -0.2) is 0 Å². The lowest BCUT2D eigenvalue weighted by molar-refractivity contribution is -0.140. The molecule has 6 heteroatoms. The number of carbonyl (C=O) groups excluding carboxylic acids is 2. The topological polar surface area (TPSA) is 76.1 Å². The van der Waals surface area contributed by atoms with E-state index in [9.17, 15) is 14.7 Å². The number of aryl methyl sites for hydroxylation is 1. The fourth-order valence-corrected chi connectivity index (χ4v) is 4.24. The second kappa shape index (κ2) is 10.5. The van der Waals surface area contributed by atoms with Crippen LogP contribution in [0.15, 0.2) is 78.4 Å². The average molecular weight is 472 g/mol. The van der Waals surface area contributed by atoms with Crippen LogP contribution in [0.5, 0.6) is 11.5 Å². The molecule has 1 saturated heterocycles. The first-order valence-corrected chi connectivity index (χ1v) is 11.6. The van der Waals surface area contributed by atoms with Gasteiger partial charge in [0.25, 0.3) is 11.7 Å². The summed E-state index contributed by atoms with van der Waals surface area (Å²) in [7, 11) is 1.59. The van der Waals surface area contributed by atoms with Gasteiger partial charge in [-0.2, -0.15) is 0 Å². The minimum atomic E-state index is -0.715. The number of hydrogen-bond acceptors (Lipinski definition) is 5. The summed E-state index contributed by atoms with van der Waals surface area (Å²) in [5.74, 6) is -0.157. The Morgan fingerprint density at radius 3 is 2.29 bits per heavy atom. The maximum atomic E-state index is 13.2. The average Bonchev–Trinajstić information content (AvgIpc) is 3.12. The van der Waals surface area contributed by atoms with E-state index < -0.39 is 17.7 Å². The minimum Gasteiger partial charge on any atom is -0.507 e. The smallest absolute Gasteiger partial charge is 0.295 e. The molecule has 1 fully saturated rings. The van der Waals surface area contributed by atoms with Gasteiger partial charge in [-0.3, -0.25) is 9.59 Å². The molecule has 0 aromatic heterocycles. The van der Waals surface area contributed by atoms with Crippen LogP contribution < -0.4 is 9.47 Å². The number of carbonyl (C=O) groups is 2. The highest BCUT2D eigenvalue weighted by Gasteiger charge is 2.46. The van der Waals surface area contributed by atoms with Gasteiger partial charge in [0, 0.05) is 12.1 Å². The molecular weight excluding hydrogens is 442 g/mol. The molecule has 180 valence electrons. The molecule has 1 amide bonds. The van der Waals surface area contributed by atoms with E-state index in [1.807, 2.05) is 62.4 Å². The molecule has 1 heterocycles. The van der Waals surface area contributed by atoms with Gasteiger partial charge in [0.05, 0.1) is 25.3 Å². The Balaban J connectivity index is 1.77. The van der Waals surface area contributed by atoms with E-state index in [1.54, 1.807) is 31.4 Å². The molecule has 3 aromatic carbocycles. The van der Waals surface area contributed by atoms with Crippen LogP contribution in [0.2, 0.25) is 0 Å². The highest BCUT2D eigenvalue weighted by molar-refractivity contribution is 6.46. The number of ketones is 1. The Morgan fingerprint density at radius 1 is 0.971 bits per heavy atom. The summed E-state index contributed by atoms with van der Waals surface area (Å²) in [6, 6.07) is 21.2. The first-order valence-electron chi connectivity index (χ1n) is 11.6. The molecule has 1 aliphatic heterocycles. The number of aliphatic hydroxyl groups is 1. The van der Waals surface area contributed by atoms with E-state index in [4.69, 9.17) is 9.47 Å². The molecule has 1 aliphatic rings. The summed E-state index contributed by atoms with van der Waals surface area (Å²) in [6.45, 7) is 4.79. The largest absolute Gasteiger partial charge is 0.507 e. The number of benzene rings is 3. The molecule has 1 N–H and O–H groups in total. The first kappa shape index (κ1) is 24.1. The number of Topliss-reactive ketones (excluding diaryl/α,β-unsaturated/α-hetero) is 1. The Hall–Kier alpha value is -4.06. The number of likely N-dealkylation sites (tertiary alicyclic amines) is 1.